The van der Waals surface area contributed by atoms with Crippen molar-refractivity contribution in [1.29, 1.82) is 0 Å². The van der Waals surface area contributed by atoms with Crippen molar-refractivity contribution in [2.45, 2.75) is 6.92 Å². The smallest absolute Gasteiger partial charge is 0.255 e. The quantitative estimate of drug-likeness (QED) is 0.433. The van der Waals surface area contributed by atoms with Crippen LogP contribution in [0.1, 0.15) is 27.6 Å². The average molecular weight is 543 g/mol. The third kappa shape index (κ3) is 5.72. The zero-order valence-corrected chi connectivity index (χ0v) is 21.1. The van der Waals surface area contributed by atoms with E-state index in [4.69, 9.17) is 16.3 Å². The van der Waals surface area contributed by atoms with Crippen LogP contribution in [0, 0.1) is 0 Å². The molecule has 1 saturated heterocycles. The van der Waals surface area contributed by atoms with E-state index >= 15 is 0 Å². The number of carbonyl (C=O) groups excluding carboxylic acids is 2. The van der Waals surface area contributed by atoms with Crippen molar-refractivity contribution in [1.82, 2.24) is 4.90 Å². The lowest BCUT2D eigenvalue weighted by Crippen LogP contribution is -2.48. The number of rotatable bonds is 6. The molecule has 4 rings (SSSR count). The minimum absolute atomic E-state index is 0.0234. The van der Waals surface area contributed by atoms with Gasteiger partial charge < -0.3 is 19.9 Å². The maximum Gasteiger partial charge on any atom is 0.255 e. The topological polar surface area (TPSA) is 61.9 Å². The van der Waals surface area contributed by atoms with Gasteiger partial charge >= 0.3 is 0 Å². The number of nitrogens with one attached hydrogen (secondary N) is 1. The molecule has 6 nitrogen and oxygen atoms in total. The molecule has 0 atom stereocenters. The second-order valence-electron chi connectivity index (χ2n) is 7.87. The average Bonchev–Trinajstić information content (AvgIpc) is 2.86. The molecule has 0 aliphatic carbocycles. The van der Waals surface area contributed by atoms with Gasteiger partial charge in [-0.25, -0.2) is 0 Å². The van der Waals surface area contributed by atoms with Crippen molar-refractivity contribution < 1.29 is 14.3 Å². The number of amides is 2. The Morgan fingerprint density at radius 1 is 0.941 bits per heavy atom. The lowest BCUT2D eigenvalue weighted by Gasteiger charge is -2.36. The van der Waals surface area contributed by atoms with E-state index < -0.39 is 0 Å². The van der Waals surface area contributed by atoms with Crippen LogP contribution in [0.15, 0.2) is 71.2 Å². The molecule has 176 valence electrons. The van der Waals surface area contributed by atoms with Crippen LogP contribution in [0.2, 0.25) is 5.02 Å². The lowest BCUT2D eigenvalue weighted by molar-refractivity contribution is 0.0746. The zero-order valence-electron chi connectivity index (χ0n) is 18.8. The predicted molar refractivity (Wildman–Crippen MR) is 139 cm³/mol. The van der Waals surface area contributed by atoms with Gasteiger partial charge in [-0.3, -0.25) is 9.59 Å². The number of benzene rings is 3. The molecule has 0 bridgehead atoms. The molecule has 34 heavy (non-hydrogen) atoms. The first-order valence-corrected chi connectivity index (χ1v) is 12.2. The fourth-order valence-electron chi connectivity index (χ4n) is 3.82. The summed E-state index contributed by atoms with van der Waals surface area (Å²) in [5.41, 5.74) is 2.97. The Bertz CT molecular complexity index is 1160. The molecule has 3 aromatic rings. The molecule has 0 radical (unpaired) electrons. The van der Waals surface area contributed by atoms with Crippen LogP contribution in [-0.2, 0) is 0 Å². The van der Waals surface area contributed by atoms with Crippen LogP contribution >= 0.6 is 27.5 Å². The Balaban J connectivity index is 1.32. The highest BCUT2D eigenvalue weighted by Gasteiger charge is 2.22. The van der Waals surface area contributed by atoms with Gasteiger partial charge in [0.15, 0.2) is 0 Å². The van der Waals surface area contributed by atoms with Crippen molar-refractivity contribution in [3.63, 3.8) is 0 Å². The molecule has 8 heteroatoms. The summed E-state index contributed by atoms with van der Waals surface area (Å²) < 4.78 is 6.24. The number of piperazine rings is 1. The summed E-state index contributed by atoms with van der Waals surface area (Å²) in [4.78, 5) is 29.4. The molecule has 1 heterocycles. The summed E-state index contributed by atoms with van der Waals surface area (Å²) in [5, 5.41) is 3.55. The first-order chi connectivity index (χ1) is 16.4. The monoisotopic (exact) mass is 541 g/mol. The molecule has 0 spiro atoms. The largest absolute Gasteiger partial charge is 0.493 e. The van der Waals surface area contributed by atoms with Gasteiger partial charge in [0.05, 0.1) is 11.1 Å². The molecule has 0 saturated carbocycles. The standard InChI is InChI=1S/C26H25BrClN3O3/c1-2-34-24-12-5-19(17-23(24)27)25(32)29-21-8-10-22(11-9-21)30-13-15-31(16-14-30)26(33)18-3-6-20(28)7-4-18/h3-12,17H,2,13-16H2,1H3,(H,29,32). The van der Waals surface area contributed by atoms with Crippen molar-refractivity contribution >= 4 is 50.7 Å². The molecule has 0 unspecified atom stereocenters. The highest BCUT2D eigenvalue weighted by molar-refractivity contribution is 9.10. The summed E-state index contributed by atoms with van der Waals surface area (Å²) in [6.07, 6.45) is 0. The van der Waals surface area contributed by atoms with Crippen molar-refractivity contribution in [2.24, 2.45) is 0 Å². The van der Waals surface area contributed by atoms with E-state index in [9.17, 15) is 9.59 Å². The fourth-order valence-corrected chi connectivity index (χ4v) is 4.44. The van der Waals surface area contributed by atoms with Gasteiger partial charge in [0.2, 0.25) is 0 Å². The van der Waals surface area contributed by atoms with Gasteiger partial charge in [-0.2, -0.15) is 0 Å². The number of hydrogen-bond donors (Lipinski definition) is 1. The maximum atomic E-state index is 12.7. The number of carbonyl (C=O) groups is 2. The van der Waals surface area contributed by atoms with Crippen LogP contribution in [0.5, 0.6) is 5.75 Å². The third-order valence-corrected chi connectivity index (χ3v) is 6.51. The van der Waals surface area contributed by atoms with E-state index in [1.807, 2.05) is 36.1 Å². The Labute approximate surface area is 212 Å². The first kappa shape index (κ1) is 24.1. The minimum Gasteiger partial charge on any atom is -0.493 e. The molecule has 2 amide bonds. The SMILES string of the molecule is CCOc1ccc(C(=O)Nc2ccc(N3CCN(C(=O)c4ccc(Cl)cc4)CC3)cc2)cc1Br. The highest BCUT2D eigenvalue weighted by atomic mass is 79.9. The van der Waals surface area contributed by atoms with E-state index in [-0.39, 0.29) is 11.8 Å². The van der Waals surface area contributed by atoms with Gasteiger partial charge in [-0.05, 0) is 89.6 Å². The van der Waals surface area contributed by atoms with E-state index in [0.717, 1.165) is 28.9 Å². The summed E-state index contributed by atoms with van der Waals surface area (Å²) in [6.45, 7) is 5.25. The van der Waals surface area contributed by atoms with Crippen LogP contribution in [-0.4, -0.2) is 49.5 Å². The molecule has 3 aromatic carbocycles. The molecule has 1 N–H and O–H groups in total. The maximum absolute atomic E-state index is 12.7. The Morgan fingerprint density at radius 3 is 2.21 bits per heavy atom. The fraction of sp³-hybridized carbons (Fsp3) is 0.231. The first-order valence-electron chi connectivity index (χ1n) is 11.1. The summed E-state index contributed by atoms with van der Waals surface area (Å²) >= 11 is 9.36. The molecular formula is C26H25BrClN3O3. The minimum atomic E-state index is -0.189. The van der Waals surface area contributed by atoms with E-state index in [2.05, 4.69) is 26.1 Å². The van der Waals surface area contributed by atoms with Gasteiger partial charge in [-0.1, -0.05) is 11.6 Å². The highest BCUT2D eigenvalue weighted by Crippen LogP contribution is 2.27. The summed E-state index contributed by atoms with van der Waals surface area (Å²) in [5.74, 6) is 0.541. The molecule has 1 fully saturated rings. The Kier molecular flexibility index (Phi) is 7.75. The Morgan fingerprint density at radius 2 is 1.59 bits per heavy atom. The van der Waals surface area contributed by atoms with Crippen LogP contribution in [0.3, 0.4) is 0 Å². The zero-order chi connectivity index (χ0) is 24.1. The van der Waals surface area contributed by atoms with E-state index in [1.165, 1.54) is 0 Å². The van der Waals surface area contributed by atoms with E-state index in [0.29, 0.717) is 41.6 Å². The van der Waals surface area contributed by atoms with Gasteiger partial charge in [-0.15, -0.1) is 0 Å². The summed E-state index contributed by atoms with van der Waals surface area (Å²) in [6, 6.07) is 20.0. The third-order valence-electron chi connectivity index (χ3n) is 5.64. The van der Waals surface area contributed by atoms with Gasteiger partial charge in [0.25, 0.3) is 11.8 Å². The predicted octanol–water partition coefficient (Wildman–Crippen LogP) is 5.72. The van der Waals surface area contributed by atoms with Crippen LogP contribution in [0.4, 0.5) is 11.4 Å². The van der Waals surface area contributed by atoms with Crippen LogP contribution in [0.25, 0.3) is 0 Å². The molecule has 1 aliphatic rings. The second kappa shape index (κ2) is 10.9. The van der Waals surface area contributed by atoms with Crippen LogP contribution < -0.4 is 15.0 Å². The Hall–Kier alpha value is -3.03. The summed E-state index contributed by atoms with van der Waals surface area (Å²) in [7, 11) is 0. The van der Waals surface area contributed by atoms with Crippen molar-refractivity contribution in [3.05, 3.63) is 87.4 Å². The van der Waals surface area contributed by atoms with Gasteiger partial charge in [0, 0.05) is 53.7 Å². The molecule has 0 aromatic heterocycles. The molecule has 1 aliphatic heterocycles. The van der Waals surface area contributed by atoms with Crippen molar-refractivity contribution in [2.75, 3.05) is 43.0 Å². The molecular weight excluding hydrogens is 518 g/mol. The normalized spacial score (nSPS) is 13.5. The van der Waals surface area contributed by atoms with E-state index in [1.54, 1.807) is 42.5 Å². The number of hydrogen-bond acceptors (Lipinski definition) is 4. The van der Waals surface area contributed by atoms with Gasteiger partial charge in [0.1, 0.15) is 5.75 Å². The second-order valence-corrected chi connectivity index (χ2v) is 9.16. The lowest BCUT2D eigenvalue weighted by atomic mass is 10.1. The number of anilines is 2. The number of ether oxygens (including phenoxy) is 1. The number of halogens is 2. The number of nitrogens with zero attached hydrogens (tertiary/aromatic N) is 2. The van der Waals surface area contributed by atoms with Crippen molar-refractivity contribution in [3.8, 4) is 5.75 Å².